The molecule has 0 spiro atoms. The number of hydrogen-bond acceptors (Lipinski definition) is 4. The van der Waals surface area contributed by atoms with Gasteiger partial charge in [0.15, 0.2) is 0 Å². The first-order valence-corrected chi connectivity index (χ1v) is 10.3. The third-order valence-corrected chi connectivity index (χ3v) is 7.02. The van der Waals surface area contributed by atoms with Gasteiger partial charge in [0.1, 0.15) is 0 Å². The van der Waals surface area contributed by atoms with Crippen LogP contribution in [-0.4, -0.2) is 62.5 Å². The highest BCUT2D eigenvalue weighted by molar-refractivity contribution is 7.88. The maximum atomic E-state index is 13.4. The molecule has 1 amide bonds. The molecule has 130 valence electrons. The molecular formula is C17H23N3O3S. The van der Waals surface area contributed by atoms with Crippen molar-refractivity contribution in [1.82, 2.24) is 14.5 Å². The molecule has 2 atom stereocenters. The van der Waals surface area contributed by atoms with E-state index in [1.165, 1.54) is 21.7 Å². The highest BCUT2D eigenvalue weighted by Crippen LogP contribution is 2.42. The summed E-state index contributed by atoms with van der Waals surface area (Å²) in [7, 11) is -3.26. The summed E-state index contributed by atoms with van der Waals surface area (Å²) in [6, 6.07) is 8.24. The summed E-state index contributed by atoms with van der Waals surface area (Å²) in [6.07, 6.45) is 2.10. The van der Waals surface area contributed by atoms with E-state index in [9.17, 15) is 13.2 Å². The fourth-order valence-corrected chi connectivity index (χ4v) is 5.33. The van der Waals surface area contributed by atoms with Crippen LogP contribution in [0.1, 0.15) is 11.1 Å². The molecule has 4 rings (SSSR count). The molecule has 1 N–H and O–H groups in total. The Hall–Kier alpha value is -1.44. The predicted molar refractivity (Wildman–Crippen MR) is 90.8 cm³/mol. The Labute approximate surface area is 142 Å². The van der Waals surface area contributed by atoms with Crippen LogP contribution in [0.25, 0.3) is 0 Å². The van der Waals surface area contributed by atoms with Crippen LogP contribution in [-0.2, 0) is 27.8 Å². The largest absolute Gasteiger partial charge is 0.337 e. The molecule has 6 nitrogen and oxygen atoms in total. The Morgan fingerprint density at radius 1 is 1.29 bits per heavy atom. The first-order valence-electron chi connectivity index (χ1n) is 8.42. The molecule has 0 aliphatic carbocycles. The van der Waals surface area contributed by atoms with Gasteiger partial charge in [0.25, 0.3) is 0 Å². The molecule has 3 heterocycles. The first-order chi connectivity index (χ1) is 11.4. The van der Waals surface area contributed by atoms with E-state index in [0.717, 1.165) is 6.42 Å². The van der Waals surface area contributed by atoms with E-state index < -0.39 is 15.4 Å². The van der Waals surface area contributed by atoms with Gasteiger partial charge in [-0.15, -0.1) is 0 Å². The van der Waals surface area contributed by atoms with E-state index in [4.69, 9.17) is 0 Å². The monoisotopic (exact) mass is 349 g/mol. The second-order valence-corrected chi connectivity index (χ2v) is 9.27. The SMILES string of the molecule is CS(=O)(=O)N1C[C@H]2CNC[C@@]2(C(=O)N2CCc3ccccc3C2)C1. The van der Waals surface area contributed by atoms with Gasteiger partial charge in [-0.2, -0.15) is 0 Å². The summed E-state index contributed by atoms with van der Waals surface area (Å²) in [5.74, 6) is 0.176. The van der Waals surface area contributed by atoms with Crippen LogP contribution in [0, 0.1) is 11.3 Å². The first kappa shape index (κ1) is 16.1. The zero-order valence-corrected chi connectivity index (χ0v) is 14.7. The van der Waals surface area contributed by atoms with E-state index in [-0.39, 0.29) is 11.8 Å². The van der Waals surface area contributed by atoms with Gasteiger partial charge in [-0.25, -0.2) is 12.7 Å². The zero-order chi connectivity index (χ0) is 16.9. The second kappa shape index (κ2) is 5.54. The number of carbonyl (C=O) groups excluding carboxylic acids is 1. The number of rotatable bonds is 2. The normalized spacial score (nSPS) is 30.2. The lowest BCUT2D eigenvalue weighted by Crippen LogP contribution is -2.50. The minimum absolute atomic E-state index is 0.0666. The van der Waals surface area contributed by atoms with Crippen LogP contribution in [0.2, 0.25) is 0 Å². The predicted octanol–water partition coefficient (Wildman–Crippen LogP) is 0.0523. The van der Waals surface area contributed by atoms with E-state index >= 15 is 0 Å². The number of benzene rings is 1. The third-order valence-electron chi connectivity index (χ3n) is 5.81. The second-order valence-electron chi connectivity index (χ2n) is 7.28. The molecule has 0 saturated carbocycles. The van der Waals surface area contributed by atoms with Gasteiger partial charge in [0.05, 0.1) is 11.7 Å². The number of nitrogens with one attached hydrogen (secondary N) is 1. The lowest BCUT2D eigenvalue weighted by Gasteiger charge is -2.36. The van der Waals surface area contributed by atoms with Crippen LogP contribution in [0.3, 0.4) is 0 Å². The van der Waals surface area contributed by atoms with Gasteiger partial charge in [0, 0.05) is 45.2 Å². The molecule has 24 heavy (non-hydrogen) atoms. The maximum Gasteiger partial charge on any atom is 0.232 e. The molecule has 3 aliphatic rings. The molecule has 2 saturated heterocycles. The average molecular weight is 349 g/mol. The van der Waals surface area contributed by atoms with Crippen molar-refractivity contribution in [2.45, 2.75) is 13.0 Å². The third kappa shape index (κ3) is 2.46. The fourth-order valence-electron chi connectivity index (χ4n) is 4.41. The molecule has 0 bridgehead atoms. The van der Waals surface area contributed by atoms with Gasteiger partial charge in [-0.1, -0.05) is 24.3 Å². The van der Waals surface area contributed by atoms with E-state index in [1.54, 1.807) is 0 Å². The summed E-state index contributed by atoms with van der Waals surface area (Å²) < 4.78 is 25.4. The fraction of sp³-hybridized carbons (Fsp3) is 0.588. The summed E-state index contributed by atoms with van der Waals surface area (Å²) >= 11 is 0. The average Bonchev–Trinajstić information content (AvgIpc) is 3.11. The van der Waals surface area contributed by atoms with E-state index in [0.29, 0.717) is 39.3 Å². The number of fused-ring (bicyclic) bond motifs is 2. The smallest absolute Gasteiger partial charge is 0.232 e. The molecule has 0 unspecified atom stereocenters. The Morgan fingerprint density at radius 3 is 2.79 bits per heavy atom. The Balaban J connectivity index is 1.60. The molecule has 0 radical (unpaired) electrons. The van der Waals surface area contributed by atoms with Crippen LogP contribution in [0.15, 0.2) is 24.3 Å². The molecule has 1 aromatic carbocycles. The number of hydrogen-bond donors (Lipinski definition) is 1. The lowest BCUT2D eigenvalue weighted by atomic mass is 9.79. The quantitative estimate of drug-likeness (QED) is 0.819. The minimum Gasteiger partial charge on any atom is -0.337 e. The van der Waals surface area contributed by atoms with Crippen molar-refractivity contribution in [3.8, 4) is 0 Å². The van der Waals surface area contributed by atoms with Gasteiger partial charge in [-0.05, 0) is 17.5 Å². The number of carbonyl (C=O) groups is 1. The zero-order valence-electron chi connectivity index (χ0n) is 13.9. The summed E-state index contributed by atoms with van der Waals surface area (Å²) in [5, 5.41) is 3.31. The van der Waals surface area contributed by atoms with Crippen molar-refractivity contribution in [3.05, 3.63) is 35.4 Å². The summed E-state index contributed by atoms with van der Waals surface area (Å²) in [5.41, 5.74) is 1.91. The van der Waals surface area contributed by atoms with Crippen molar-refractivity contribution < 1.29 is 13.2 Å². The van der Waals surface area contributed by atoms with Gasteiger partial charge < -0.3 is 10.2 Å². The molecule has 7 heteroatoms. The van der Waals surface area contributed by atoms with Crippen LogP contribution < -0.4 is 5.32 Å². The summed E-state index contributed by atoms with van der Waals surface area (Å²) in [4.78, 5) is 15.3. The van der Waals surface area contributed by atoms with E-state index in [2.05, 4.69) is 17.4 Å². The summed E-state index contributed by atoms with van der Waals surface area (Å²) in [6.45, 7) is 3.37. The number of nitrogens with zero attached hydrogens (tertiary/aromatic N) is 2. The van der Waals surface area contributed by atoms with Crippen molar-refractivity contribution in [3.63, 3.8) is 0 Å². The van der Waals surface area contributed by atoms with Crippen LogP contribution in [0.4, 0.5) is 0 Å². The topological polar surface area (TPSA) is 69.7 Å². The highest BCUT2D eigenvalue weighted by atomic mass is 32.2. The number of amides is 1. The van der Waals surface area contributed by atoms with Crippen molar-refractivity contribution >= 4 is 15.9 Å². The Kier molecular flexibility index (Phi) is 3.71. The molecule has 3 aliphatic heterocycles. The van der Waals surface area contributed by atoms with Crippen molar-refractivity contribution in [2.75, 3.05) is 39.0 Å². The van der Waals surface area contributed by atoms with Crippen LogP contribution in [0.5, 0.6) is 0 Å². The minimum atomic E-state index is -3.26. The standard InChI is InChI=1S/C17H23N3O3S/c1-24(22,23)20-10-15-8-18-11-17(15,12-20)16(21)19-7-6-13-4-2-3-5-14(13)9-19/h2-5,15,18H,6-12H2,1H3/t15-,17-/m1/s1. The van der Waals surface area contributed by atoms with Gasteiger partial charge in [-0.3, -0.25) is 4.79 Å². The Morgan fingerprint density at radius 2 is 2.04 bits per heavy atom. The molecular weight excluding hydrogens is 326 g/mol. The molecule has 1 aromatic rings. The lowest BCUT2D eigenvalue weighted by molar-refractivity contribution is -0.142. The molecule has 0 aromatic heterocycles. The Bertz CT molecular complexity index is 779. The van der Waals surface area contributed by atoms with Gasteiger partial charge in [0.2, 0.25) is 15.9 Å². The number of sulfonamides is 1. The van der Waals surface area contributed by atoms with Crippen LogP contribution >= 0.6 is 0 Å². The van der Waals surface area contributed by atoms with E-state index in [1.807, 2.05) is 17.0 Å². The van der Waals surface area contributed by atoms with Gasteiger partial charge >= 0.3 is 0 Å². The van der Waals surface area contributed by atoms with Crippen molar-refractivity contribution in [2.24, 2.45) is 11.3 Å². The highest BCUT2D eigenvalue weighted by Gasteiger charge is 2.57. The maximum absolute atomic E-state index is 13.4. The van der Waals surface area contributed by atoms with Crippen molar-refractivity contribution in [1.29, 1.82) is 0 Å². The molecule has 2 fully saturated rings.